The first-order chi connectivity index (χ1) is 17.7. The average Bonchev–Trinajstić information content (AvgIpc) is 2.91. The summed E-state index contributed by atoms with van der Waals surface area (Å²) in [5.41, 5.74) is 1.68. The van der Waals surface area contributed by atoms with E-state index in [-0.39, 0.29) is 22.3 Å². The highest BCUT2D eigenvalue weighted by molar-refractivity contribution is 7.92. The van der Waals surface area contributed by atoms with E-state index in [2.05, 4.69) is 0 Å². The van der Waals surface area contributed by atoms with Gasteiger partial charge in [-0.3, -0.25) is 9.10 Å². The van der Waals surface area contributed by atoms with Gasteiger partial charge in [-0.25, -0.2) is 12.8 Å². The topological polar surface area (TPSA) is 79.4 Å². The molecule has 1 saturated heterocycles. The number of anilines is 2. The summed E-state index contributed by atoms with van der Waals surface area (Å²) in [7, 11) is -1.13. The molecule has 0 aromatic heterocycles. The van der Waals surface area contributed by atoms with Crippen molar-refractivity contribution in [3.8, 4) is 11.5 Å². The molecule has 0 bridgehead atoms. The molecule has 1 aliphatic heterocycles. The normalized spacial score (nSPS) is 13.8. The third-order valence-electron chi connectivity index (χ3n) is 6.37. The first-order valence-electron chi connectivity index (χ1n) is 11.8. The molecule has 1 aliphatic rings. The number of ether oxygens (including phenoxy) is 2. The number of halogens is 1. The molecule has 10 heteroatoms. The lowest BCUT2D eigenvalue weighted by Crippen LogP contribution is -2.52. The summed E-state index contributed by atoms with van der Waals surface area (Å²) in [5, 5.41) is 0. The van der Waals surface area contributed by atoms with E-state index in [4.69, 9.17) is 9.47 Å². The summed E-state index contributed by atoms with van der Waals surface area (Å²) in [5.74, 6) is 0.120. The fraction of sp³-hybridized carbons (Fsp3) is 0.296. The van der Waals surface area contributed by atoms with Gasteiger partial charge in [0.25, 0.3) is 10.0 Å². The maximum Gasteiger partial charge on any atom is 0.264 e. The molecule has 4 rings (SSSR count). The lowest BCUT2D eigenvalue weighted by molar-refractivity contribution is -0.129. The molecule has 37 heavy (non-hydrogen) atoms. The smallest absolute Gasteiger partial charge is 0.264 e. The second-order valence-corrected chi connectivity index (χ2v) is 10.5. The minimum Gasteiger partial charge on any atom is -0.493 e. The predicted molar refractivity (Wildman–Crippen MR) is 140 cm³/mol. The number of hydrogen-bond acceptors (Lipinski definition) is 6. The van der Waals surface area contributed by atoms with Gasteiger partial charge in [0.15, 0.2) is 11.5 Å². The maximum atomic E-state index is 14.2. The van der Waals surface area contributed by atoms with Crippen molar-refractivity contribution in [2.24, 2.45) is 0 Å². The first kappa shape index (κ1) is 26.3. The largest absolute Gasteiger partial charge is 0.493 e. The van der Waals surface area contributed by atoms with Crippen LogP contribution in [0.1, 0.15) is 5.56 Å². The van der Waals surface area contributed by atoms with Crippen LogP contribution in [0, 0.1) is 12.7 Å². The molecule has 0 unspecified atom stereocenters. The lowest BCUT2D eigenvalue weighted by atomic mass is 10.2. The molecule has 3 aromatic rings. The number of rotatable bonds is 8. The van der Waals surface area contributed by atoms with E-state index in [1.165, 1.54) is 38.5 Å². The number of hydrogen-bond donors (Lipinski definition) is 0. The maximum absolute atomic E-state index is 14.2. The number of benzene rings is 3. The van der Waals surface area contributed by atoms with Crippen LogP contribution in [-0.4, -0.2) is 66.2 Å². The number of sulfonamides is 1. The van der Waals surface area contributed by atoms with E-state index >= 15 is 0 Å². The Morgan fingerprint density at radius 2 is 1.57 bits per heavy atom. The van der Waals surface area contributed by atoms with Gasteiger partial charge < -0.3 is 19.3 Å². The van der Waals surface area contributed by atoms with Gasteiger partial charge in [0.05, 0.1) is 30.5 Å². The quantitative estimate of drug-likeness (QED) is 0.445. The van der Waals surface area contributed by atoms with Crippen LogP contribution in [0.4, 0.5) is 15.8 Å². The van der Waals surface area contributed by atoms with Crippen molar-refractivity contribution in [2.75, 3.05) is 56.1 Å². The van der Waals surface area contributed by atoms with Crippen molar-refractivity contribution < 1.29 is 27.1 Å². The standard InChI is InChI=1S/C27H30FN3O5S/c1-20-8-11-22(12-9-20)37(33,34)31(21-10-13-25(35-2)26(18-21)36-3)19-27(32)30-16-14-29(15-17-30)24-7-5-4-6-23(24)28/h4-13,18H,14-17,19H2,1-3H3. The van der Waals surface area contributed by atoms with Gasteiger partial charge in [0, 0.05) is 32.2 Å². The fourth-order valence-corrected chi connectivity index (χ4v) is 5.67. The second-order valence-electron chi connectivity index (χ2n) is 8.68. The number of para-hydroxylation sites is 1. The molecule has 1 fully saturated rings. The Morgan fingerprint density at radius 3 is 2.19 bits per heavy atom. The van der Waals surface area contributed by atoms with Crippen LogP contribution >= 0.6 is 0 Å². The molecule has 0 atom stereocenters. The van der Waals surface area contributed by atoms with Crippen LogP contribution in [0.3, 0.4) is 0 Å². The Labute approximate surface area is 216 Å². The summed E-state index contributed by atoms with van der Waals surface area (Å²) >= 11 is 0. The number of piperazine rings is 1. The summed E-state index contributed by atoms with van der Waals surface area (Å²) in [6, 6.07) is 17.7. The molecule has 0 saturated carbocycles. The third kappa shape index (κ3) is 5.64. The van der Waals surface area contributed by atoms with Crippen LogP contribution in [0.5, 0.6) is 11.5 Å². The monoisotopic (exact) mass is 527 g/mol. The number of nitrogens with zero attached hydrogens (tertiary/aromatic N) is 3. The predicted octanol–water partition coefficient (Wildman–Crippen LogP) is 3.70. The molecule has 0 spiro atoms. The zero-order chi connectivity index (χ0) is 26.6. The minimum absolute atomic E-state index is 0.0741. The number of aryl methyl sites for hydroxylation is 1. The molecule has 0 aliphatic carbocycles. The molecule has 196 valence electrons. The highest BCUT2D eigenvalue weighted by Gasteiger charge is 2.31. The Morgan fingerprint density at radius 1 is 0.919 bits per heavy atom. The summed E-state index contributed by atoms with van der Waals surface area (Å²) in [4.78, 5) is 16.9. The zero-order valence-corrected chi connectivity index (χ0v) is 21.9. The van der Waals surface area contributed by atoms with Gasteiger partial charge in [0.1, 0.15) is 12.4 Å². The van der Waals surface area contributed by atoms with Crippen molar-refractivity contribution in [3.63, 3.8) is 0 Å². The summed E-state index contributed by atoms with van der Waals surface area (Å²) in [6.07, 6.45) is 0. The molecule has 0 N–H and O–H groups in total. The van der Waals surface area contributed by atoms with Crippen molar-refractivity contribution in [3.05, 3.63) is 78.1 Å². The Balaban J connectivity index is 1.59. The second kappa shape index (κ2) is 11.1. The number of carbonyl (C=O) groups is 1. The molecule has 1 amide bonds. The van der Waals surface area contributed by atoms with Crippen molar-refractivity contribution in [1.29, 1.82) is 0 Å². The van der Waals surface area contributed by atoms with E-state index < -0.39 is 16.6 Å². The molecule has 8 nitrogen and oxygen atoms in total. The van der Waals surface area contributed by atoms with Crippen molar-refractivity contribution in [2.45, 2.75) is 11.8 Å². The first-order valence-corrected chi connectivity index (χ1v) is 13.3. The number of amides is 1. The molecule has 3 aromatic carbocycles. The number of carbonyl (C=O) groups excluding carboxylic acids is 1. The van der Waals surface area contributed by atoms with Gasteiger partial charge in [-0.15, -0.1) is 0 Å². The summed E-state index contributed by atoms with van der Waals surface area (Å²) in [6.45, 7) is 3.04. The van der Waals surface area contributed by atoms with Crippen LogP contribution < -0.4 is 18.7 Å². The molecular weight excluding hydrogens is 497 g/mol. The molecule has 0 radical (unpaired) electrons. The van der Waals surface area contributed by atoms with Crippen molar-refractivity contribution in [1.82, 2.24) is 4.90 Å². The zero-order valence-electron chi connectivity index (χ0n) is 21.1. The Hall–Kier alpha value is -3.79. The fourth-order valence-electron chi connectivity index (χ4n) is 4.26. The van der Waals surface area contributed by atoms with Crippen LogP contribution in [0.2, 0.25) is 0 Å². The van der Waals surface area contributed by atoms with Gasteiger partial charge in [-0.2, -0.15) is 0 Å². The Bertz CT molecular complexity index is 1360. The molecular formula is C27H30FN3O5S. The minimum atomic E-state index is -4.08. The SMILES string of the molecule is COc1ccc(N(CC(=O)N2CCN(c3ccccc3F)CC2)S(=O)(=O)c2ccc(C)cc2)cc1OC. The van der Waals surface area contributed by atoms with Crippen molar-refractivity contribution >= 4 is 27.3 Å². The highest BCUT2D eigenvalue weighted by atomic mass is 32.2. The van der Waals surface area contributed by atoms with E-state index in [9.17, 15) is 17.6 Å². The lowest BCUT2D eigenvalue weighted by Gasteiger charge is -2.37. The van der Waals surface area contributed by atoms with Gasteiger partial charge in [-0.05, 0) is 43.3 Å². The highest BCUT2D eigenvalue weighted by Crippen LogP contribution is 2.34. The van der Waals surface area contributed by atoms with Gasteiger partial charge in [-0.1, -0.05) is 29.8 Å². The van der Waals surface area contributed by atoms with E-state index in [0.717, 1.165) is 9.87 Å². The van der Waals surface area contributed by atoms with Crippen LogP contribution in [0.15, 0.2) is 71.6 Å². The number of methoxy groups -OCH3 is 2. The Kier molecular flexibility index (Phi) is 7.87. The average molecular weight is 528 g/mol. The van der Waals surface area contributed by atoms with E-state index in [0.29, 0.717) is 43.4 Å². The van der Waals surface area contributed by atoms with Crippen LogP contribution in [-0.2, 0) is 14.8 Å². The third-order valence-corrected chi connectivity index (χ3v) is 8.16. The van der Waals surface area contributed by atoms with Crippen LogP contribution in [0.25, 0.3) is 0 Å². The summed E-state index contributed by atoms with van der Waals surface area (Å²) < 4.78 is 53.4. The van der Waals surface area contributed by atoms with E-state index in [1.54, 1.807) is 47.4 Å². The van der Waals surface area contributed by atoms with Gasteiger partial charge in [0.2, 0.25) is 5.91 Å². The van der Waals surface area contributed by atoms with E-state index in [1.807, 2.05) is 11.8 Å². The molecule has 1 heterocycles. The van der Waals surface area contributed by atoms with Gasteiger partial charge >= 0.3 is 0 Å².